The van der Waals surface area contributed by atoms with Gasteiger partial charge in [0.25, 0.3) is 0 Å². The average molecular weight is 265 g/mol. The highest BCUT2D eigenvalue weighted by Gasteiger charge is 2.33. The molecule has 0 radical (unpaired) electrons. The molecule has 4 nitrogen and oxygen atoms in total. The van der Waals surface area contributed by atoms with Crippen LogP contribution in [-0.4, -0.2) is 26.1 Å². The minimum absolute atomic E-state index is 0.0979. The van der Waals surface area contributed by atoms with Crippen LogP contribution in [0.3, 0.4) is 0 Å². The Balaban J connectivity index is 2.12. The molecule has 1 aliphatic rings. The summed E-state index contributed by atoms with van der Waals surface area (Å²) in [6.45, 7) is 5.35. The van der Waals surface area contributed by atoms with Crippen molar-refractivity contribution in [2.75, 3.05) is 20.3 Å². The summed E-state index contributed by atoms with van der Waals surface area (Å²) in [6, 6.07) is 6.01. The molecule has 4 heteroatoms. The van der Waals surface area contributed by atoms with Gasteiger partial charge in [0, 0.05) is 12.5 Å². The molecule has 1 unspecified atom stereocenters. The molecule has 0 bridgehead atoms. The lowest BCUT2D eigenvalue weighted by molar-refractivity contribution is -0.150. The van der Waals surface area contributed by atoms with Crippen molar-refractivity contribution in [3.63, 3.8) is 0 Å². The largest absolute Gasteiger partial charge is 0.496 e. The molecule has 1 atom stereocenters. The Labute approximate surface area is 114 Å². The maximum Gasteiger partial charge on any atom is 0.167 e. The van der Waals surface area contributed by atoms with Gasteiger partial charge in [-0.1, -0.05) is 19.1 Å². The monoisotopic (exact) mass is 265 g/mol. The third-order valence-corrected chi connectivity index (χ3v) is 3.60. The van der Waals surface area contributed by atoms with Gasteiger partial charge in [-0.25, -0.2) is 0 Å². The third kappa shape index (κ3) is 3.26. The first kappa shape index (κ1) is 14.3. The lowest BCUT2D eigenvalue weighted by atomic mass is 9.97. The number of methoxy groups -OCH3 is 1. The summed E-state index contributed by atoms with van der Waals surface area (Å²) in [5, 5.41) is 0. The van der Waals surface area contributed by atoms with Gasteiger partial charge in [0.2, 0.25) is 0 Å². The first-order valence-corrected chi connectivity index (χ1v) is 6.78. The topological polar surface area (TPSA) is 53.7 Å². The van der Waals surface area contributed by atoms with Crippen LogP contribution in [0.25, 0.3) is 0 Å². The van der Waals surface area contributed by atoms with E-state index < -0.39 is 5.79 Å². The first-order chi connectivity index (χ1) is 9.08. The predicted octanol–water partition coefficient (Wildman–Crippen LogP) is 2.41. The summed E-state index contributed by atoms with van der Waals surface area (Å²) in [4.78, 5) is 0. The van der Waals surface area contributed by atoms with Gasteiger partial charge in [0.15, 0.2) is 5.79 Å². The van der Waals surface area contributed by atoms with E-state index in [4.69, 9.17) is 19.9 Å². The fraction of sp³-hybridized carbons (Fsp3) is 0.600. The minimum atomic E-state index is -0.550. The van der Waals surface area contributed by atoms with E-state index in [0.29, 0.717) is 19.6 Å². The number of ether oxygens (including phenoxy) is 3. The van der Waals surface area contributed by atoms with Gasteiger partial charge in [-0.05, 0) is 30.5 Å². The second-order valence-corrected chi connectivity index (χ2v) is 5.07. The van der Waals surface area contributed by atoms with Crippen molar-refractivity contribution < 1.29 is 14.2 Å². The highest BCUT2D eigenvalue weighted by molar-refractivity contribution is 5.38. The molecule has 1 aromatic rings. The zero-order valence-corrected chi connectivity index (χ0v) is 11.9. The van der Waals surface area contributed by atoms with Crippen molar-refractivity contribution in [2.45, 2.75) is 38.5 Å². The van der Waals surface area contributed by atoms with E-state index in [2.05, 4.69) is 13.0 Å². The van der Waals surface area contributed by atoms with Crippen molar-refractivity contribution in [3.8, 4) is 5.75 Å². The minimum Gasteiger partial charge on any atom is -0.496 e. The van der Waals surface area contributed by atoms with Gasteiger partial charge in [-0.15, -0.1) is 0 Å². The molecular formula is C15H23NO3. The Morgan fingerprint density at radius 1 is 1.37 bits per heavy atom. The summed E-state index contributed by atoms with van der Waals surface area (Å²) < 4.78 is 16.5. The van der Waals surface area contributed by atoms with Crippen molar-refractivity contribution >= 4 is 0 Å². The highest BCUT2D eigenvalue weighted by atomic mass is 16.7. The summed E-state index contributed by atoms with van der Waals surface area (Å²) in [6.07, 6.45) is 1.58. The van der Waals surface area contributed by atoms with Crippen LogP contribution in [-0.2, 0) is 15.9 Å². The van der Waals surface area contributed by atoms with E-state index >= 15 is 0 Å². The fourth-order valence-electron chi connectivity index (χ4n) is 2.50. The van der Waals surface area contributed by atoms with Crippen LogP contribution in [0.5, 0.6) is 5.75 Å². The molecule has 0 aliphatic carbocycles. The van der Waals surface area contributed by atoms with Crippen LogP contribution in [0, 0.1) is 0 Å². The molecule has 1 aliphatic heterocycles. The van der Waals surface area contributed by atoms with Crippen molar-refractivity contribution in [1.29, 1.82) is 0 Å². The second-order valence-electron chi connectivity index (χ2n) is 5.07. The lowest BCUT2D eigenvalue weighted by Gasteiger charge is -2.26. The normalized spacial score (nSPS) is 19.4. The number of hydrogen-bond acceptors (Lipinski definition) is 4. The number of hydrogen-bond donors (Lipinski definition) is 1. The number of nitrogens with two attached hydrogens (primary N) is 1. The van der Waals surface area contributed by atoms with E-state index in [9.17, 15) is 0 Å². The molecule has 19 heavy (non-hydrogen) atoms. The molecule has 0 aromatic heterocycles. The predicted molar refractivity (Wildman–Crippen MR) is 74.2 cm³/mol. The molecule has 0 amide bonds. The van der Waals surface area contributed by atoms with Crippen LogP contribution in [0.2, 0.25) is 0 Å². The van der Waals surface area contributed by atoms with Crippen molar-refractivity contribution in [2.24, 2.45) is 5.73 Å². The van der Waals surface area contributed by atoms with Gasteiger partial charge >= 0.3 is 0 Å². The van der Waals surface area contributed by atoms with E-state index in [0.717, 1.165) is 17.7 Å². The Kier molecular flexibility index (Phi) is 4.45. The van der Waals surface area contributed by atoms with Crippen LogP contribution >= 0.6 is 0 Å². The molecule has 1 fully saturated rings. The van der Waals surface area contributed by atoms with E-state index in [1.165, 1.54) is 5.56 Å². The molecule has 0 saturated carbocycles. The average Bonchev–Trinajstić information content (AvgIpc) is 2.84. The molecule has 1 heterocycles. The molecular weight excluding hydrogens is 242 g/mol. The zero-order chi connectivity index (χ0) is 13.9. The Morgan fingerprint density at radius 2 is 2.05 bits per heavy atom. The Morgan fingerprint density at radius 3 is 2.63 bits per heavy atom. The van der Waals surface area contributed by atoms with Crippen molar-refractivity contribution in [3.05, 3.63) is 29.3 Å². The summed E-state index contributed by atoms with van der Waals surface area (Å²) in [5.74, 6) is 0.365. The third-order valence-electron chi connectivity index (χ3n) is 3.60. The molecule has 1 saturated heterocycles. The standard InChI is InChI=1S/C15H23NO3/c1-4-11-9-12(5-6-14(11)17-3)13(16)10-15(2)18-7-8-19-15/h5-6,9,13H,4,7-8,10,16H2,1-3H3. The maximum absolute atomic E-state index is 6.27. The molecule has 106 valence electrons. The number of aryl methyl sites for hydroxylation is 1. The summed E-state index contributed by atoms with van der Waals surface area (Å²) in [7, 11) is 1.69. The molecule has 1 aromatic carbocycles. The number of rotatable bonds is 5. The molecule has 2 rings (SSSR count). The number of benzene rings is 1. The Hall–Kier alpha value is -1.10. The van der Waals surface area contributed by atoms with E-state index in [1.54, 1.807) is 7.11 Å². The second kappa shape index (κ2) is 5.90. The van der Waals surface area contributed by atoms with Crippen LogP contribution < -0.4 is 10.5 Å². The quantitative estimate of drug-likeness (QED) is 0.888. The lowest BCUT2D eigenvalue weighted by Crippen LogP contribution is -2.31. The fourth-order valence-corrected chi connectivity index (χ4v) is 2.50. The van der Waals surface area contributed by atoms with Crippen LogP contribution in [0.1, 0.15) is 37.4 Å². The SMILES string of the molecule is CCc1cc(C(N)CC2(C)OCCO2)ccc1OC. The molecule has 0 spiro atoms. The smallest absolute Gasteiger partial charge is 0.167 e. The summed E-state index contributed by atoms with van der Waals surface area (Å²) in [5.41, 5.74) is 8.54. The first-order valence-electron chi connectivity index (χ1n) is 6.78. The van der Waals surface area contributed by atoms with E-state index in [-0.39, 0.29) is 6.04 Å². The van der Waals surface area contributed by atoms with Gasteiger partial charge in [-0.2, -0.15) is 0 Å². The van der Waals surface area contributed by atoms with Crippen LogP contribution in [0.4, 0.5) is 0 Å². The zero-order valence-electron chi connectivity index (χ0n) is 11.9. The van der Waals surface area contributed by atoms with Gasteiger partial charge < -0.3 is 19.9 Å². The van der Waals surface area contributed by atoms with Gasteiger partial charge in [0.05, 0.1) is 20.3 Å². The Bertz CT molecular complexity index is 427. The molecule has 2 N–H and O–H groups in total. The highest BCUT2D eigenvalue weighted by Crippen LogP contribution is 2.31. The van der Waals surface area contributed by atoms with Gasteiger partial charge in [0.1, 0.15) is 5.75 Å². The summed E-state index contributed by atoms with van der Waals surface area (Å²) >= 11 is 0. The maximum atomic E-state index is 6.27. The van der Waals surface area contributed by atoms with Crippen molar-refractivity contribution in [1.82, 2.24) is 0 Å². The van der Waals surface area contributed by atoms with E-state index in [1.807, 2.05) is 19.1 Å². The van der Waals surface area contributed by atoms with Gasteiger partial charge in [-0.3, -0.25) is 0 Å². The van der Waals surface area contributed by atoms with Crippen LogP contribution in [0.15, 0.2) is 18.2 Å².